The van der Waals surface area contributed by atoms with Crippen molar-refractivity contribution in [3.8, 4) is 0 Å². The Morgan fingerprint density at radius 2 is 1.82 bits per heavy atom. The Hall–Kier alpha value is -3.03. The number of piperazine rings is 1. The Kier molecular flexibility index (Phi) is 5.18. The van der Waals surface area contributed by atoms with Crippen LogP contribution in [0.1, 0.15) is 16.1 Å². The zero-order valence-corrected chi connectivity index (χ0v) is 15.8. The van der Waals surface area contributed by atoms with Crippen molar-refractivity contribution < 1.29 is 4.79 Å². The van der Waals surface area contributed by atoms with Crippen LogP contribution in [0, 0.1) is 0 Å². The fourth-order valence-corrected chi connectivity index (χ4v) is 3.49. The minimum Gasteiger partial charge on any atom is -0.321 e. The third-order valence-corrected chi connectivity index (χ3v) is 5.10. The summed E-state index contributed by atoms with van der Waals surface area (Å²) >= 11 is 0. The molecule has 0 bridgehead atoms. The van der Waals surface area contributed by atoms with Gasteiger partial charge in [-0.05, 0) is 30.8 Å². The second kappa shape index (κ2) is 7.92. The molecule has 4 rings (SSSR count). The van der Waals surface area contributed by atoms with E-state index in [0.29, 0.717) is 16.5 Å². The van der Waals surface area contributed by atoms with E-state index in [0.717, 1.165) is 38.3 Å². The second-order valence-corrected chi connectivity index (χ2v) is 7.18. The van der Waals surface area contributed by atoms with Gasteiger partial charge in [0.25, 0.3) is 11.5 Å². The van der Waals surface area contributed by atoms with E-state index in [9.17, 15) is 9.59 Å². The number of nitrogens with zero attached hydrogens (tertiary/aromatic N) is 3. The smallest absolute Gasteiger partial charge is 0.276 e. The van der Waals surface area contributed by atoms with Crippen molar-refractivity contribution in [3.05, 3.63) is 70.1 Å². The van der Waals surface area contributed by atoms with E-state index in [1.54, 1.807) is 24.3 Å². The third-order valence-electron chi connectivity index (χ3n) is 5.10. The monoisotopic (exact) mass is 377 g/mol. The van der Waals surface area contributed by atoms with Crippen molar-refractivity contribution in [2.45, 2.75) is 6.54 Å². The van der Waals surface area contributed by atoms with Gasteiger partial charge >= 0.3 is 0 Å². The number of amides is 1. The minimum absolute atomic E-state index is 0.208. The van der Waals surface area contributed by atoms with Gasteiger partial charge < -0.3 is 10.2 Å². The van der Waals surface area contributed by atoms with Crippen LogP contribution in [-0.2, 0) is 6.54 Å². The molecule has 0 atom stereocenters. The van der Waals surface area contributed by atoms with Gasteiger partial charge in [0.1, 0.15) is 0 Å². The fourth-order valence-electron chi connectivity index (χ4n) is 3.49. The number of rotatable bonds is 4. The number of hydrogen-bond acceptors (Lipinski definition) is 5. The normalized spacial score (nSPS) is 15.6. The predicted molar refractivity (Wildman–Crippen MR) is 110 cm³/mol. The average Bonchev–Trinajstić information content (AvgIpc) is 2.70. The Labute approximate surface area is 163 Å². The third kappa shape index (κ3) is 3.95. The molecule has 0 aliphatic carbocycles. The van der Waals surface area contributed by atoms with Crippen molar-refractivity contribution in [2.75, 3.05) is 38.5 Å². The van der Waals surface area contributed by atoms with Crippen molar-refractivity contribution >= 4 is 22.4 Å². The van der Waals surface area contributed by atoms with Crippen molar-refractivity contribution in [3.63, 3.8) is 0 Å². The highest BCUT2D eigenvalue weighted by Crippen LogP contribution is 2.17. The SMILES string of the molecule is CN1CCN(Cc2cccc(NC(=O)c3n[nH]c(=O)c4ccccc34)c2)CC1. The molecule has 2 aromatic carbocycles. The summed E-state index contributed by atoms with van der Waals surface area (Å²) in [5.74, 6) is -0.343. The van der Waals surface area contributed by atoms with Gasteiger partial charge in [-0.2, -0.15) is 5.10 Å². The molecule has 1 aliphatic heterocycles. The molecule has 1 aliphatic rings. The summed E-state index contributed by atoms with van der Waals surface area (Å²) in [6.45, 7) is 5.08. The van der Waals surface area contributed by atoms with Crippen LogP contribution in [0.25, 0.3) is 10.8 Å². The van der Waals surface area contributed by atoms with Gasteiger partial charge in [0.05, 0.1) is 5.39 Å². The molecule has 0 saturated carbocycles. The molecule has 0 unspecified atom stereocenters. The lowest BCUT2D eigenvalue weighted by Crippen LogP contribution is -2.43. The number of aromatic nitrogens is 2. The summed E-state index contributed by atoms with van der Waals surface area (Å²) in [7, 11) is 2.14. The van der Waals surface area contributed by atoms with Crippen LogP contribution < -0.4 is 10.9 Å². The van der Waals surface area contributed by atoms with E-state index in [2.05, 4.69) is 38.4 Å². The van der Waals surface area contributed by atoms with Crippen molar-refractivity contribution in [2.24, 2.45) is 0 Å². The van der Waals surface area contributed by atoms with Crippen molar-refractivity contribution in [1.82, 2.24) is 20.0 Å². The number of fused-ring (bicyclic) bond motifs is 1. The Morgan fingerprint density at radius 1 is 1.07 bits per heavy atom. The van der Waals surface area contributed by atoms with E-state index < -0.39 is 0 Å². The van der Waals surface area contributed by atoms with E-state index in [4.69, 9.17) is 0 Å². The van der Waals surface area contributed by atoms with Crippen LogP contribution >= 0.6 is 0 Å². The fraction of sp³-hybridized carbons (Fsp3) is 0.286. The molecule has 28 heavy (non-hydrogen) atoms. The first kappa shape index (κ1) is 18.3. The van der Waals surface area contributed by atoms with E-state index >= 15 is 0 Å². The molecule has 1 aromatic heterocycles. The lowest BCUT2D eigenvalue weighted by atomic mass is 10.1. The number of nitrogens with one attached hydrogen (secondary N) is 2. The minimum atomic E-state index is -0.343. The topological polar surface area (TPSA) is 81.3 Å². The largest absolute Gasteiger partial charge is 0.321 e. The molecule has 1 fully saturated rings. The number of aromatic amines is 1. The van der Waals surface area contributed by atoms with Crippen LogP contribution in [0.15, 0.2) is 53.3 Å². The number of anilines is 1. The highest BCUT2D eigenvalue weighted by atomic mass is 16.2. The molecule has 0 radical (unpaired) electrons. The summed E-state index contributed by atoms with van der Waals surface area (Å²) in [5.41, 5.74) is 1.77. The van der Waals surface area contributed by atoms with E-state index in [-0.39, 0.29) is 17.2 Å². The first-order valence-electron chi connectivity index (χ1n) is 9.39. The van der Waals surface area contributed by atoms with E-state index in [1.807, 2.05) is 18.2 Å². The molecule has 1 amide bonds. The molecular formula is C21H23N5O2. The maximum atomic E-state index is 12.8. The molecule has 2 N–H and O–H groups in total. The van der Waals surface area contributed by atoms with Gasteiger partial charge in [-0.1, -0.05) is 30.3 Å². The molecule has 3 aromatic rings. The lowest BCUT2D eigenvalue weighted by molar-refractivity contribution is 0.102. The summed E-state index contributed by atoms with van der Waals surface area (Å²) in [4.78, 5) is 29.4. The highest BCUT2D eigenvalue weighted by molar-refractivity contribution is 6.11. The number of benzene rings is 2. The molecule has 7 nitrogen and oxygen atoms in total. The number of carbonyl (C=O) groups excluding carboxylic acids is 1. The Bertz CT molecular complexity index is 1050. The first-order valence-corrected chi connectivity index (χ1v) is 9.39. The number of hydrogen-bond donors (Lipinski definition) is 2. The van der Waals surface area contributed by atoms with Gasteiger partial charge in [0.15, 0.2) is 5.69 Å². The zero-order valence-electron chi connectivity index (χ0n) is 15.8. The van der Waals surface area contributed by atoms with Gasteiger partial charge in [-0.3, -0.25) is 14.5 Å². The summed E-state index contributed by atoms with van der Waals surface area (Å²) in [6, 6.07) is 14.8. The van der Waals surface area contributed by atoms with Crippen LogP contribution in [0.3, 0.4) is 0 Å². The summed E-state index contributed by atoms with van der Waals surface area (Å²) < 4.78 is 0. The standard InChI is InChI=1S/C21H23N5O2/c1-25-9-11-26(12-10-25)14-15-5-4-6-16(13-15)22-21(28)19-17-7-2-3-8-18(17)20(27)24-23-19/h2-8,13H,9-12,14H2,1H3,(H,22,28)(H,24,27). The summed E-state index contributed by atoms with van der Waals surface area (Å²) in [6.07, 6.45) is 0. The molecule has 2 heterocycles. The zero-order chi connectivity index (χ0) is 19.5. The van der Waals surface area contributed by atoms with Crippen LogP contribution in [0.5, 0.6) is 0 Å². The number of likely N-dealkylation sites (N-methyl/N-ethyl adjacent to an activating group) is 1. The van der Waals surface area contributed by atoms with Crippen LogP contribution in [0.2, 0.25) is 0 Å². The van der Waals surface area contributed by atoms with Crippen LogP contribution in [0.4, 0.5) is 5.69 Å². The number of carbonyl (C=O) groups is 1. The van der Waals surface area contributed by atoms with E-state index in [1.165, 1.54) is 0 Å². The molecule has 144 valence electrons. The Balaban J connectivity index is 1.51. The van der Waals surface area contributed by atoms with Gasteiger partial charge in [0, 0.05) is 43.8 Å². The van der Waals surface area contributed by atoms with Crippen molar-refractivity contribution in [1.29, 1.82) is 0 Å². The molecular weight excluding hydrogens is 354 g/mol. The average molecular weight is 377 g/mol. The molecule has 7 heteroatoms. The van der Waals surface area contributed by atoms with Gasteiger partial charge in [-0.25, -0.2) is 5.10 Å². The Morgan fingerprint density at radius 3 is 2.61 bits per heavy atom. The quantitative estimate of drug-likeness (QED) is 0.726. The predicted octanol–water partition coefficient (Wildman–Crippen LogP) is 1.92. The molecule has 0 spiro atoms. The van der Waals surface area contributed by atoms with Gasteiger partial charge in [0.2, 0.25) is 0 Å². The second-order valence-electron chi connectivity index (χ2n) is 7.18. The highest BCUT2D eigenvalue weighted by Gasteiger charge is 2.16. The maximum Gasteiger partial charge on any atom is 0.276 e. The lowest BCUT2D eigenvalue weighted by Gasteiger charge is -2.32. The summed E-state index contributed by atoms with van der Waals surface area (Å²) in [5, 5.41) is 10.3. The maximum absolute atomic E-state index is 12.8. The number of H-pyrrole nitrogens is 1. The first-order chi connectivity index (χ1) is 13.6. The molecule has 1 saturated heterocycles. The van der Waals surface area contributed by atoms with Gasteiger partial charge in [-0.15, -0.1) is 0 Å². The van der Waals surface area contributed by atoms with Crippen LogP contribution in [-0.4, -0.2) is 59.1 Å².